The highest BCUT2D eigenvalue weighted by Crippen LogP contribution is 2.24. The largest absolute Gasteiger partial charge is 0.861 e. The minimum atomic E-state index is -5.71. The molecule has 22 heavy (non-hydrogen) atoms. The fourth-order valence-electron chi connectivity index (χ4n) is 1.74. The first-order valence-electron chi connectivity index (χ1n) is 6.77. The zero-order chi connectivity index (χ0) is 16.8. The number of imidazole rings is 1. The van der Waals surface area contributed by atoms with Gasteiger partial charge in [0.25, 0.3) is 0 Å². The van der Waals surface area contributed by atoms with Gasteiger partial charge in [0.05, 0.1) is 13.1 Å². The number of aromatic nitrogens is 2. The van der Waals surface area contributed by atoms with E-state index in [1.54, 1.807) is 0 Å². The van der Waals surface area contributed by atoms with Crippen molar-refractivity contribution in [2.24, 2.45) is 4.40 Å². The predicted octanol–water partition coefficient (Wildman–Crippen LogP) is 0.964. The molecule has 1 aromatic heterocycles. The van der Waals surface area contributed by atoms with Gasteiger partial charge in [-0.05, 0) is 38.5 Å². The molecule has 0 bridgehead atoms. The SMILES string of the molecule is CCn1cc[n+](CCCCC/C([O-])=N/S(=O)(=O)C(F)(F)F)c1. The van der Waals surface area contributed by atoms with Crippen LogP contribution in [0, 0.1) is 0 Å². The zero-order valence-electron chi connectivity index (χ0n) is 12.1. The molecule has 6 nitrogen and oxygen atoms in total. The van der Waals surface area contributed by atoms with E-state index in [-0.39, 0.29) is 6.42 Å². The van der Waals surface area contributed by atoms with E-state index in [1.165, 1.54) is 0 Å². The number of halogens is 3. The lowest BCUT2D eigenvalue weighted by molar-refractivity contribution is -0.696. The lowest BCUT2D eigenvalue weighted by Crippen LogP contribution is -2.31. The third-order valence-electron chi connectivity index (χ3n) is 2.93. The van der Waals surface area contributed by atoms with Gasteiger partial charge < -0.3 is 5.11 Å². The van der Waals surface area contributed by atoms with Crippen molar-refractivity contribution in [2.75, 3.05) is 0 Å². The third-order valence-corrected chi connectivity index (χ3v) is 3.96. The number of alkyl halides is 3. The Hall–Kier alpha value is -1.58. The van der Waals surface area contributed by atoms with Gasteiger partial charge in [0.2, 0.25) is 6.33 Å². The molecular formula is C12H18F3N3O3S. The topological polar surface area (TPSA) is 78.4 Å². The summed E-state index contributed by atoms with van der Waals surface area (Å²) in [6.07, 6.45) is 7.07. The van der Waals surface area contributed by atoms with Gasteiger partial charge in [-0.3, -0.25) is 0 Å². The molecule has 0 saturated heterocycles. The highest BCUT2D eigenvalue weighted by atomic mass is 32.2. The van der Waals surface area contributed by atoms with Crippen LogP contribution in [0.1, 0.15) is 32.6 Å². The van der Waals surface area contributed by atoms with Crippen LogP contribution in [0.15, 0.2) is 23.1 Å². The van der Waals surface area contributed by atoms with Crippen LogP contribution in [0.4, 0.5) is 13.2 Å². The van der Waals surface area contributed by atoms with Gasteiger partial charge >= 0.3 is 15.5 Å². The van der Waals surface area contributed by atoms with E-state index in [9.17, 15) is 26.7 Å². The van der Waals surface area contributed by atoms with Crippen molar-refractivity contribution >= 4 is 15.9 Å². The Balaban J connectivity index is 2.32. The summed E-state index contributed by atoms with van der Waals surface area (Å²) in [5, 5.41) is 11.1. The monoisotopic (exact) mass is 341 g/mol. The molecule has 0 saturated carbocycles. The van der Waals surface area contributed by atoms with E-state index >= 15 is 0 Å². The molecule has 0 fully saturated rings. The summed E-state index contributed by atoms with van der Waals surface area (Å²) in [6.45, 7) is 3.59. The summed E-state index contributed by atoms with van der Waals surface area (Å²) in [6, 6.07) is 0. The molecule has 0 N–H and O–H groups in total. The van der Waals surface area contributed by atoms with E-state index < -0.39 is 21.4 Å². The van der Waals surface area contributed by atoms with Crippen LogP contribution in [0.3, 0.4) is 0 Å². The Bertz CT molecular complexity index is 609. The van der Waals surface area contributed by atoms with Gasteiger partial charge in [0.1, 0.15) is 12.4 Å². The van der Waals surface area contributed by atoms with Crippen molar-refractivity contribution in [2.45, 2.75) is 51.2 Å². The number of hydrogen-bond donors (Lipinski definition) is 0. The quantitative estimate of drug-likeness (QED) is 0.306. The molecule has 0 aliphatic heterocycles. The maximum Gasteiger partial charge on any atom is 0.518 e. The molecule has 1 rings (SSSR count). The Morgan fingerprint density at radius 3 is 2.55 bits per heavy atom. The second-order valence-electron chi connectivity index (χ2n) is 4.70. The third kappa shape index (κ3) is 5.66. The summed E-state index contributed by atoms with van der Waals surface area (Å²) in [5.41, 5.74) is -5.52. The van der Waals surface area contributed by atoms with Crippen molar-refractivity contribution < 1.29 is 31.3 Å². The summed E-state index contributed by atoms with van der Waals surface area (Å²) < 4.78 is 63.6. The highest BCUT2D eigenvalue weighted by Gasteiger charge is 2.45. The molecule has 1 aromatic rings. The summed E-state index contributed by atoms with van der Waals surface area (Å²) >= 11 is 0. The van der Waals surface area contributed by atoms with Crippen LogP contribution in [-0.2, 0) is 23.1 Å². The molecule has 1 heterocycles. The van der Waals surface area contributed by atoms with Gasteiger partial charge in [-0.2, -0.15) is 26.0 Å². The predicted molar refractivity (Wildman–Crippen MR) is 71.2 cm³/mol. The number of rotatable bonds is 8. The highest BCUT2D eigenvalue weighted by molar-refractivity contribution is 7.91. The number of sulfonamides is 1. The smallest absolute Gasteiger partial charge is 0.518 e. The number of aryl methyl sites for hydroxylation is 2. The maximum absolute atomic E-state index is 12.0. The van der Waals surface area contributed by atoms with Gasteiger partial charge in [-0.1, -0.05) is 0 Å². The zero-order valence-corrected chi connectivity index (χ0v) is 12.9. The first-order valence-corrected chi connectivity index (χ1v) is 8.21. The molecule has 0 aliphatic rings. The van der Waals surface area contributed by atoms with E-state index in [2.05, 4.69) is 4.40 Å². The van der Waals surface area contributed by atoms with Crippen LogP contribution in [0.25, 0.3) is 0 Å². The number of hydrogen-bond acceptors (Lipinski definition) is 3. The van der Waals surface area contributed by atoms with E-state index in [0.29, 0.717) is 12.8 Å². The fraction of sp³-hybridized carbons (Fsp3) is 0.667. The van der Waals surface area contributed by atoms with Gasteiger partial charge in [0, 0.05) is 0 Å². The minimum absolute atomic E-state index is 0.296. The van der Waals surface area contributed by atoms with Crippen molar-refractivity contribution in [1.29, 1.82) is 0 Å². The molecule has 126 valence electrons. The van der Waals surface area contributed by atoms with Crippen molar-refractivity contribution in [3.8, 4) is 0 Å². The van der Waals surface area contributed by atoms with Gasteiger partial charge in [-0.25, -0.2) is 9.13 Å². The second-order valence-corrected chi connectivity index (χ2v) is 6.29. The average Bonchev–Trinajstić information content (AvgIpc) is 2.84. The van der Waals surface area contributed by atoms with E-state index in [1.807, 2.05) is 34.8 Å². The Kier molecular flexibility index (Phi) is 6.39. The van der Waals surface area contributed by atoms with Gasteiger partial charge in [0.15, 0.2) is 0 Å². The van der Waals surface area contributed by atoms with Crippen LogP contribution in [0.2, 0.25) is 0 Å². The van der Waals surface area contributed by atoms with E-state index in [0.717, 1.165) is 19.5 Å². The Morgan fingerprint density at radius 2 is 2.00 bits per heavy atom. The first-order chi connectivity index (χ1) is 10.2. The van der Waals surface area contributed by atoms with Crippen molar-refractivity contribution in [3.63, 3.8) is 0 Å². The van der Waals surface area contributed by atoms with E-state index in [4.69, 9.17) is 0 Å². The summed E-state index contributed by atoms with van der Waals surface area (Å²) in [4.78, 5) is 0. The molecule has 10 heteroatoms. The normalized spacial score (nSPS) is 13.5. The van der Waals surface area contributed by atoms with Gasteiger partial charge in [-0.15, -0.1) is 0 Å². The summed E-state index contributed by atoms with van der Waals surface area (Å²) in [7, 11) is -5.71. The first kappa shape index (κ1) is 18.5. The molecule has 0 aromatic carbocycles. The maximum atomic E-state index is 12.0. The standard InChI is InChI=1S/C12H18F3N3O3S/c1-2-17-8-9-18(10-17)7-5-3-4-6-11(19)16-22(20,21)12(13,14)15/h8-10H,2-7H2,1H3. The molecule has 0 atom stereocenters. The van der Waals surface area contributed by atoms with Crippen LogP contribution in [0.5, 0.6) is 0 Å². The molecule has 0 aliphatic carbocycles. The van der Waals surface area contributed by atoms with Crippen molar-refractivity contribution in [3.05, 3.63) is 18.7 Å². The fourth-order valence-corrected chi connectivity index (χ4v) is 2.20. The Morgan fingerprint density at radius 1 is 1.32 bits per heavy atom. The lowest BCUT2D eigenvalue weighted by atomic mass is 10.2. The second kappa shape index (κ2) is 7.61. The molecular weight excluding hydrogens is 323 g/mol. The Labute approximate surface area is 127 Å². The van der Waals surface area contributed by atoms with Crippen LogP contribution >= 0.6 is 0 Å². The van der Waals surface area contributed by atoms with Crippen LogP contribution in [-0.4, -0.2) is 24.4 Å². The summed E-state index contributed by atoms with van der Waals surface area (Å²) in [5.74, 6) is -1.26. The molecule has 0 amide bonds. The molecule has 0 unspecified atom stereocenters. The molecule has 0 radical (unpaired) electrons. The lowest BCUT2D eigenvalue weighted by Gasteiger charge is -2.11. The number of unbranched alkanes of at least 4 members (excludes halogenated alkanes) is 2. The van der Waals surface area contributed by atoms with Crippen LogP contribution < -0.4 is 9.67 Å². The van der Waals surface area contributed by atoms with Crippen molar-refractivity contribution in [1.82, 2.24) is 4.57 Å². The average molecular weight is 341 g/mol. The minimum Gasteiger partial charge on any atom is -0.861 e. The number of nitrogens with zero attached hydrogens (tertiary/aromatic N) is 3. The molecule has 0 spiro atoms.